The van der Waals surface area contributed by atoms with Crippen LogP contribution in [0.3, 0.4) is 0 Å². The van der Waals surface area contributed by atoms with Gasteiger partial charge in [-0.3, -0.25) is 14.8 Å². The number of hydrogen-bond acceptors (Lipinski definition) is 4. The first-order valence-electron chi connectivity index (χ1n) is 10.8. The van der Waals surface area contributed by atoms with E-state index < -0.39 is 0 Å². The van der Waals surface area contributed by atoms with Crippen LogP contribution in [-0.2, 0) is 11.3 Å². The van der Waals surface area contributed by atoms with E-state index in [9.17, 15) is 0 Å². The van der Waals surface area contributed by atoms with Gasteiger partial charge in [0, 0.05) is 59.0 Å². The molecule has 0 saturated carbocycles. The highest BCUT2D eigenvalue weighted by Crippen LogP contribution is 2.24. The molecule has 1 unspecified atom stereocenters. The number of ether oxygens (including phenoxy) is 1. The van der Waals surface area contributed by atoms with E-state index in [0.717, 1.165) is 84.3 Å². The van der Waals surface area contributed by atoms with Gasteiger partial charge >= 0.3 is 0 Å². The monoisotopic (exact) mass is 515 g/mol. The highest BCUT2D eigenvalue weighted by Gasteiger charge is 2.29. The van der Waals surface area contributed by atoms with E-state index in [1.54, 1.807) is 0 Å². The summed E-state index contributed by atoms with van der Waals surface area (Å²) in [7, 11) is 0. The largest absolute Gasteiger partial charge is 0.373 e. The molecule has 2 saturated heterocycles. The predicted molar refractivity (Wildman–Crippen MR) is 131 cm³/mol. The number of rotatable bonds is 8. The third kappa shape index (κ3) is 8.39. The zero-order chi connectivity index (χ0) is 19.7. The number of nitrogens with one attached hydrogen (secondary N) is 2. The minimum absolute atomic E-state index is 0. The van der Waals surface area contributed by atoms with Gasteiger partial charge in [-0.15, -0.1) is 24.0 Å². The van der Waals surface area contributed by atoms with Crippen LogP contribution in [-0.4, -0.2) is 80.3 Å². The van der Waals surface area contributed by atoms with Crippen LogP contribution in [0.15, 0.2) is 35.3 Å². The fourth-order valence-electron chi connectivity index (χ4n) is 3.89. The summed E-state index contributed by atoms with van der Waals surface area (Å²) in [5, 5.41) is 6.84. The zero-order valence-electron chi connectivity index (χ0n) is 18.0. The van der Waals surface area contributed by atoms with Crippen LogP contribution in [0.5, 0.6) is 0 Å². The Hall–Kier alpha value is -0.900. The van der Waals surface area contributed by atoms with Crippen LogP contribution in [0.25, 0.3) is 0 Å². The number of piperazine rings is 1. The topological polar surface area (TPSA) is 52.1 Å². The second kappa shape index (κ2) is 12.7. The molecule has 7 heteroatoms. The standard InChI is InChI=1S/C22H37N5O.HI/c1-3-23-21(25-19-22(2)10-7-17-28-22)24-11-12-26-13-15-27(16-14-26)18-20-8-5-4-6-9-20;/h4-6,8-9H,3,7,10-19H2,1-2H3,(H2,23,24,25);1H. The molecule has 3 rings (SSSR count). The van der Waals surface area contributed by atoms with E-state index in [4.69, 9.17) is 9.73 Å². The normalized spacial score (nSPS) is 23.6. The Labute approximate surface area is 193 Å². The Bertz CT molecular complexity index is 598. The maximum atomic E-state index is 5.85. The van der Waals surface area contributed by atoms with Crippen LogP contribution in [0.1, 0.15) is 32.3 Å². The number of aliphatic imine (C=N–C) groups is 1. The van der Waals surface area contributed by atoms with Crippen molar-refractivity contribution < 1.29 is 4.74 Å². The predicted octanol–water partition coefficient (Wildman–Crippen LogP) is 2.55. The molecule has 2 aliphatic rings. The lowest BCUT2D eigenvalue weighted by Crippen LogP contribution is -2.49. The van der Waals surface area contributed by atoms with Crippen molar-refractivity contribution >= 4 is 29.9 Å². The van der Waals surface area contributed by atoms with Gasteiger partial charge in [-0.05, 0) is 32.3 Å². The molecule has 0 aromatic heterocycles. The Morgan fingerprint density at radius 2 is 1.83 bits per heavy atom. The molecule has 1 aromatic carbocycles. The molecule has 2 N–H and O–H groups in total. The molecule has 1 atom stereocenters. The number of benzene rings is 1. The molecule has 2 fully saturated rings. The minimum atomic E-state index is -0.0859. The Morgan fingerprint density at radius 1 is 1.10 bits per heavy atom. The Morgan fingerprint density at radius 3 is 2.48 bits per heavy atom. The second-order valence-electron chi connectivity index (χ2n) is 8.13. The van der Waals surface area contributed by atoms with Crippen molar-refractivity contribution in [3.63, 3.8) is 0 Å². The van der Waals surface area contributed by atoms with Crippen molar-refractivity contribution in [3.8, 4) is 0 Å². The lowest BCUT2D eigenvalue weighted by Gasteiger charge is -2.34. The quantitative estimate of drug-likeness (QED) is 0.317. The molecular weight excluding hydrogens is 477 g/mol. The highest BCUT2D eigenvalue weighted by atomic mass is 127. The van der Waals surface area contributed by atoms with Gasteiger partial charge in [-0.25, -0.2) is 0 Å². The Balaban J connectivity index is 0.00000300. The molecule has 164 valence electrons. The van der Waals surface area contributed by atoms with E-state index in [-0.39, 0.29) is 29.6 Å². The summed E-state index contributed by atoms with van der Waals surface area (Å²) in [6.07, 6.45) is 2.25. The van der Waals surface area contributed by atoms with E-state index in [0.29, 0.717) is 0 Å². The molecular formula is C22H38IN5O. The zero-order valence-corrected chi connectivity index (χ0v) is 20.4. The number of nitrogens with zero attached hydrogens (tertiary/aromatic N) is 3. The van der Waals surface area contributed by atoms with Crippen LogP contribution in [0.2, 0.25) is 0 Å². The molecule has 29 heavy (non-hydrogen) atoms. The fraction of sp³-hybridized carbons (Fsp3) is 0.682. The van der Waals surface area contributed by atoms with Crippen LogP contribution in [0.4, 0.5) is 0 Å². The summed E-state index contributed by atoms with van der Waals surface area (Å²) in [5.74, 6) is 0.905. The third-order valence-electron chi connectivity index (χ3n) is 5.65. The summed E-state index contributed by atoms with van der Waals surface area (Å²) < 4.78 is 5.85. The first kappa shape index (κ1) is 24.4. The van der Waals surface area contributed by atoms with Crippen molar-refractivity contribution in [1.82, 2.24) is 20.4 Å². The molecule has 1 aromatic rings. The van der Waals surface area contributed by atoms with Gasteiger partial charge in [0.15, 0.2) is 5.96 Å². The average Bonchev–Trinajstić information content (AvgIpc) is 3.15. The van der Waals surface area contributed by atoms with E-state index in [2.05, 4.69) is 64.6 Å². The first-order valence-corrected chi connectivity index (χ1v) is 10.8. The summed E-state index contributed by atoms with van der Waals surface area (Å²) in [5.41, 5.74) is 1.32. The van der Waals surface area contributed by atoms with Crippen molar-refractivity contribution in [3.05, 3.63) is 35.9 Å². The molecule has 0 spiro atoms. The second-order valence-corrected chi connectivity index (χ2v) is 8.13. The minimum Gasteiger partial charge on any atom is -0.373 e. The van der Waals surface area contributed by atoms with Crippen molar-refractivity contribution in [2.45, 2.75) is 38.8 Å². The molecule has 0 aliphatic carbocycles. The van der Waals surface area contributed by atoms with Gasteiger partial charge in [0.05, 0.1) is 12.1 Å². The van der Waals surface area contributed by atoms with Gasteiger partial charge in [0.25, 0.3) is 0 Å². The highest BCUT2D eigenvalue weighted by molar-refractivity contribution is 14.0. The molecule has 6 nitrogen and oxygen atoms in total. The fourth-order valence-corrected chi connectivity index (χ4v) is 3.89. The van der Waals surface area contributed by atoms with Gasteiger partial charge in [-0.1, -0.05) is 30.3 Å². The molecule has 2 heterocycles. The Kier molecular flexibility index (Phi) is 10.7. The van der Waals surface area contributed by atoms with Crippen molar-refractivity contribution in [2.75, 3.05) is 59.0 Å². The van der Waals surface area contributed by atoms with Crippen LogP contribution < -0.4 is 10.6 Å². The lowest BCUT2D eigenvalue weighted by atomic mass is 10.0. The van der Waals surface area contributed by atoms with Crippen LogP contribution in [0, 0.1) is 0 Å². The SMILES string of the molecule is CCNC(=NCC1(C)CCCO1)NCCN1CCN(Cc2ccccc2)CC1.I. The van der Waals surface area contributed by atoms with Gasteiger partial charge in [0.1, 0.15) is 0 Å². The molecule has 0 radical (unpaired) electrons. The maximum Gasteiger partial charge on any atom is 0.191 e. The van der Waals surface area contributed by atoms with E-state index in [1.165, 1.54) is 5.56 Å². The van der Waals surface area contributed by atoms with Crippen molar-refractivity contribution in [1.29, 1.82) is 0 Å². The molecule has 0 amide bonds. The summed E-state index contributed by atoms with van der Waals surface area (Å²) in [6.45, 7) is 14.3. The van der Waals surface area contributed by atoms with E-state index in [1.807, 2.05) is 0 Å². The summed E-state index contributed by atoms with van der Waals surface area (Å²) >= 11 is 0. The first-order chi connectivity index (χ1) is 13.7. The van der Waals surface area contributed by atoms with Gasteiger partial charge < -0.3 is 15.4 Å². The molecule has 2 aliphatic heterocycles. The smallest absolute Gasteiger partial charge is 0.191 e. The average molecular weight is 515 g/mol. The van der Waals surface area contributed by atoms with Crippen LogP contribution >= 0.6 is 24.0 Å². The molecule has 0 bridgehead atoms. The third-order valence-corrected chi connectivity index (χ3v) is 5.65. The number of hydrogen-bond donors (Lipinski definition) is 2. The van der Waals surface area contributed by atoms with E-state index >= 15 is 0 Å². The summed E-state index contributed by atoms with van der Waals surface area (Å²) in [6, 6.07) is 10.8. The van der Waals surface area contributed by atoms with Gasteiger partial charge in [0.2, 0.25) is 0 Å². The number of guanidine groups is 1. The summed E-state index contributed by atoms with van der Waals surface area (Å²) in [4.78, 5) is 9.84. The van der Waals surface area contributed by atoms with Gasteiger partial charge in [-0.2, -0.15) is 0 Å². The lowest BCUT2D eigenvalue weighted by molar-refractivity contribution is 0.0283. The maximum absolute atomic E-state index is 5.85. The number of halogens is 1. The van der Waals surface area contributed by atoms with Crippen molar-refractivity contribution in [2.24, 2.45) is 4.99 Å².